The Morgan fingerprint density at radius 3 is 2.94 bits per heavy atom. The van der Waals surface area contributed by atoms with Gasteiger partial charge in [-0.25, -0.2) is 0 Å². The minimum absolute atomic E-state index is 0.912. The number of para-hydroxylation sites is 1. The van der Waals surface area contributed by atoms with Crippen LogP contribution in [0.15, 0.2) is 42.9 Å². The molecule has 0 unspecified atom stereocenters. The van der Waals surface area contributed by atoms with Gasteiger partial charge in [0.2, 0.25) is 0 Å². The van der Waals surface area contributed by atoms with Crippen LogP contribution in [-0.2, 0) is 6.54 Å². The van der Waals surface area contributed by atoms with Gasteiger partial charge in [-0.3, -0.25) is 4.98 Å². The van der Waals surface area contributed by atoms with Crippen molar-refractivity contribution in [1.29, 1.82) is 0 Å². The fourth-order valence-corrected chi connectivity index (χ4v) is 2.16. The molecule has 2 heterocycles. The van der Waals surface area contributed by atoms with Gasteiger partial charge >= 0.3 is 0 Å². The van der Waals surface area contributed by atoms with Crippen LogP contribution in [0.2, 0.25) is 0 Å². The minimum Gasteiger partial charge on any atom is -0.314 e. The van der Waals surface area contributed by atoms with Gasteiger partial charge in [0.15, 0.2) is 5.82 Å². The van der Waals surface area contributed by atoms with E-state index in [1.807, 2.05) is 30.5 Å². The summed E-state index contributed by atoms with van der Waals surface area (Å²) in [5.74, 6) is 0.912. The maximum Gasteiger partial charge on any atom is 0.164 e. The molecule has 4 nitrogen and oxygen atoms in total. The Morgan fingerprint density at radius 2 is 2.06 bits per heavy atom. The second-order valence-electron chi connectivity index (χ2n) is 4.22. The zero-order chi connectivity index (χ0) is 12.4. The number of rotatable bonds is 3. The van der Waals surface area contributed by atoms with Crippen LogP contribution in [0, 0.1) is 0 Å². The quantitative estimate of drug-likeness (QED) is 0.704. The van der Waals surface area contributed by atoms with E-state index in [1.54, 1.807) is 6.33 Å². The first-order valence-corrected chi connectivity index (χ1v) is 6.12. The third-order valence-corrected chi connectivity index (χ3v) is 2.97. The molecular weight excluding hydrogens is 224 g/mol. The van der Waals surface area contributed by atoms with Crippen molar-refractivity contribution < 1.29 is 0 Å². The van der Waals surface area contributed by atoms with Crippen LogP contribution in [0.4, 0.5) is 0 Å². The average molecular weight is 238 g/mol. The molecule has 1 aromatic carbocycles. The van der Waals surface area contributed by atoms with E-state index in [0.717, 1.165) is 35.3 Å². The number of fused-ring (bicyclic) bond motifs is 1. The van der Waals surface area contributed by atoms with Crippen LogP contribution in [0.3, 0.4) is 0 Å². The van der Waals surface area contributed by atoms with Gasteiger partial charge in [0.1, 0.15) is 6.33 Å². The van der Waals surface area contributed by atoms with E-state index in [9.17, 15) is 0 Å². The third-order valence-electron chi connectivity index (χ3n) is 2.97. The lowest BCUT2D eigenvalue weighted by Gasteiger charge is -2.07. The Morgan fingerprint density at radius 1 is 1.17 bits per heavy atom. The van der Waals surface area contributed by atoms with Crippen molar-refractivity contribution in [2.24, 2.45) is 0 Å². The van der Waals surface area contributed by atoms with Crippen molar-refractivity contribution in [3.63, 3.8) is 0 Å². The summed E-state index contributed by atoms with van der Waals surface area (Å²) < 4.78 is 2.09. The van der Waals surface area contributed by atoms with Gasteiger partial charge in [-0.1, -0.05) is 25.1 Å². The highest BCUT2D eigenvalue weighted by Gasteiger charge is 2.10. The Balaban J connectivity index is 2.22. The summed E-state index contributed by atoms with van der Waals surface area (Å²) in [4.78, 5) is 4.37. The molecule has 18 heavy (non-hydrogen) atoms. The predicted octanol–water partition coefficient (Wildman–Crippen LogP) is 2.90. The maximum absolute atomic E-state index is 4.37. The number of pyridine rings is 1. The second kappa shape index (κ2) is 4.56. The maximum atomic E-state index is 4.37. The summed E-state index contributed by atoms with van der Waals surface area (Å²) in [6.07, 6.45) is 4.67. The van der Waals surface area contributed by atoms with Gasteiger partial charge in [-0.2, -0.15) is 0 Å². The minimum atomic E-state index is 0.912. The molecule has 0 spiro atoms. The first-order chi connectivity index (χ1) is 8.90. The summed E-state index contributed by atoms with van der Waals surface area (Å²) in [6, 6.07) is 10.1. The molecule has 0 fully saturated rings. The zero-order valence-corrected chi connectivity index (χ0v) is 10.2. The van der Waals surface area contributed by atoms with Crippen LogP contribution in [0.5, 0.6) is 0 Å². The van der Waals surface area contributed by atoms with E-state index in [-0.39, 0.29) is 0 Å². The lowest BCUT2D eigenvalue weighted by Crippen LogP contribution is -1.99. The first kappa shape index (κ1) is 10.9. The number of nitrogens with zero attached hydrogens (tertiary/aromatic N) is 4. The summed E-state index contributed by atoms with van der Waals surface area (Å²) in [6.45, 7) is 3.08. The molecule has 0 saturated heterocycles. The van der Waals surface area contributed by atoms with E-state index in [2.05, 4.69) is 32.7 Å². The van der Waals surface area contributed by atoms with Gasteiger partial charge in [0.25, 0.3) is 0 Å². The van der Waals surface area contributed by atoms with Crippen LogP contribution in [0.25, 0.3) is 22.3 Å². The van der Waals surface area contributed by atoms with Crippen LogP contribution < -0.4 is 0 Å². The number of aromatic nitrogens is 4. The summed E-state index contributed by atoms with van der Waals surface area (Å²) in [7, 11) is 0. The van der Waals surface area contributed by atoms with Gasteiger partial charge in [-0.05, 0) is 18.6 Å². The molecule has 0 atom stereocenters. The molecule has 0 aliphatic rings. The monoisotopic (exact) mass is 238 g/mol. The van der Waals surface area contributed by atoms with Crippen molar-refractivity contribution >= 4 is 10.9 Å². The average Bonchev–Trinajstić information content (AvgIpc) is 2.87. The van der Waals surface area contributed by atoms with E-state index in [1.165, 1.54) is 0 Å². The van der Waals surface area contributed by atoms with Crippen molar-refractivity contribution in [3.05, 3.63) is 42.9 Å². The SMILES string of the molecule is CCCn1cnnc1-c1ccnc2ccccc12. The number of hydrogen-bond acceptors (Lipinski definition) is 3. The normalized spacial score (nSPS) is 10.9. The number of aryl methyl sites for hydroxylation is 1. The second-order valence-corrected chi connectivity index (χ2v) is 4.22. The molecule has 0 N–H and O–H groups in total. The molecule has 0 aliphatic carbocycles. The third kappa shape index (κ3) is 1.76. The lowest BCUT2D eigenvalue weighted by molar-refractivity contribution is 0.683. The fraction of sp³-hybridized carbons (Fsp3) is 0.214. The van der Waals surface area contributed by atoms with E-state index in [0.29, 0.717) is 0 Å². The van der Waals surface area contributed by atoms with E-state index in [4.69, 9.17) is 0 Å². The van der Waals surface area contributed by atoms with Crippen LogP contribution >= 0.6 is 0 Å². The number of benzene rings is 1. The fourth-order valence-electron chi connectivity index (χ4n) is 2.16. The highest BCUT2D eigenvalue weighted by Crippen LogP contribution is 2.25. The molecule has 90 valence electrons. The Hall–Kier alpha value is -2.23. The first-order valence-electron chi connectivity index (χ1n) is 6.12. The zero-order valence-electron chi connectivity index (χ0n) is 10.2. The largest absolute Gasteiger partial charge is 0.314 e. The van der Waals surface area contributed by atoms with Gasteiger partial charge in [0, 0.05) is 23.7 Å². The van der Waals surface area contributed by atoms with Gasteiger partial charge < -0.3 is 4.57 Å². The Kier molecular flexibility index (Phi) is 2.76. The molecule has 4 heteroatoms. The number of hydrogen-bond donors (Lipinski definition) is 0. The molecule has 3 rings (SSSR count). The lowest BCUT2D eigenvalue weighted by atomic mass is 10.1. The van der Waals surface area contributed by atoms with E-state index >= 15 is 0 Å². The van der Waals surface area contributed by atoms with Gasteiger partial charge in [0.05, 0.1) is 5.52 Å². The molecule has 0 radical (unpaired) electrons. The van der Waals surface area contributed by atoms with Crippen molar-refractivity contribution in [1.82, 2.24) is 19.7 Å². The Bertz CT molecular complexity index is 667. The van der Waals surface area contributed by atoms with Crippen LogP contribution in [-0.4, -0.2) is 19.7 Å². The summed E-state index contributed by atoms with van der Waals surface area (Å²) in [5, 5.41) is 9.37. The molecule has 3 aromatic rings. The Labute approximate surface area is 105 Å². The summed E-state index contributed by atoms with van der Waals surface area (Å²) in [5.41, 5.74) is 2.08. The highest BCUT2D eigenvalue weighted by molar-refractivity contribution is 5.92. The topological polar surface area (TPSA) is 43.6 Å². The van der Waals surface area contributed by atoms with E-state index < -0.39 is 0 Å². The molecule has 0 saturated carbocycles. The summed E-state index contributed by atoms with van der Waals surface area (Å²) >= 11 is 0. The van der Waals surface area contributed by atoms with Crippen molar-refractivity contribution in [3.8, 4) is 11.4 Å². The van der Waals surface area contributed by atoms with Gasteiger partial charge in [-0.15, -0.1) is 10.2 Å². The molecule has 0 bridgehead atoms. The van der Waals surface area contributed by atoms with Crippen molar-refractivity contribution in [2.75, 3.05) is 0 Å². The standard InChI is InChI=1S/C14H14N4/c1-2-9-18-10-16-17-14(18)12-7-8-15-13-6-4-3-5-11(12)13/h3-8,10H,2,9H2,1H3. The predicted molar refractivity (Wildman–Crippen MR) is 71.1 cm³/mol. The molecular formula is C14H14N4. The van der Waals surface area contributed by atoms with Crippen LogP contribution in [0.1, 0.15) is 13.3 Å². The highest BCUT2D eigenvalue weighted by atomic mass is 15.3. The smallest absolute Gasteiger partial charge is 0.164 e. The van der Waals surface area contributed by atoms with Crippen molar-refractivity contribution in [2.45, 2.75) is 19.9 Å². The molecule has 0 aliphatic heterocycles. The molecule has 0 amide bonds. The molecule has 2 aromatic heterocycles.